The Bertz CT molecular complexity index is 432. The lowest BCUT2D eigenvalue weighted by Crippen LogP contribution is -2.50. The monoisotopic (exact) mass is 252 g/mol. The standard InChI is InChI=1S/C11H16N4O3/c1-8(15-7-12-6-13-15)10(16)14-5-3-2-4-9(14)11(17)18/h6-9H,2-5H2,1H3,(H,17,18). The van der Waals surface area contributed by atoms with Gasteiger partial charge >= 0.3 is 5.97 Å². The van der Waals surface area contributed by atoms with Crippen molar-refractivity contribution in [1.29, 1.82) is 0 Å². The van der Waals surface area contributed by atoms with E-state index in [2.05, 4.69) is 10.1 Å². The van der Waals surface area contributed by atoms with Crippen LogP contribution < -0.4 is 0 Å². The van der Waals surface area contributed by atoms with Crippen LogP contribution in [0.15, 0.2) is 12.7 Å². The first-order chi connectivity index (χ1) is 8.61. The van der Waals surface area contributed by atoms with Crippen molar-refractivity contribution in [2.45, 2.75) is 38.3 Å². The molecule has 2 rings (SSSR count). The van der Waals surface area contributed by atoms with Crippen LogP contribution in [0, 0.1) is 0 Å². The molecule has 1 aliphatic rings. The highest BCUT2D eigenvalue weighted by atomic mass is 16.4. The summed E-state index contributed by atoms with van der Waals surface area (Å²) in [5.74, 6) is -1.15. The number of rotatable bonds is 3. The Morgan fingerprint density at radius 2 is 2.22 bits per heavy atom. The third-order valence-electron chi connectivity index (χ3n) is 3.26. The third-order valence-corrected chi connectivity index (χ3v) is 3.26. The number of piperidine rings is 1. The molecular weight excluding hydrogens is 236 g/mol. The number of carboxylic acids is 1. The Hall–Kier alpha value is -1.92. The molecule has 1 N–H and O–H groups in total. The average Bonchev–Trinajstić information content (AvgIpc) is 2.90. The van der Waals surface area contributed by atoms with E-state index in [-0.39, 0.29) is 5.91 Å². The molecule has 0 radical (unpaired) electrons. The van der Waals surface area contributed by atoms with E-state index in [9.17, 15) is 9.59 Å². The normalized spacial score (nSPS) is 21.6. The van der Waals surface area contributed by atoms with Gasteiger partial charge in [-0.15, -0.1) is 0 Å². The maximum absolute atomic E-state index is 12.3. The van der Waals surface area contributed by atoms with Gasteiger partial charge < -0.3 is 10.0 Å². The summed E-state index contributed by atoms with van der Waals surface area (Å²) in [6.45, 7) is 2.19. The molecule has 18 heavy (non-hydrogen) atoms. The summed E-state index contributed by atoms with van der Waals surface area (Å²) in [5, 5.41) is 13.1. The summed E-state index contributed by atoms with van der Waals surface area (Å²) in [6, 6.07) is -1.23. The van der Waals surface area contributed by atoms with E-state index < -0.39 is 18.1 Å². The average molecular weight is 252 g/mol. The zero-order chi connectivity index (χ0) is 13.1. The molecule has 0 bridgehead atoms. The topological polar surface area (TPSA) is 88.3 Å². The van der Waals surface area contributed by atoms with Gasteiger partial charge in [0.25, 0.3) is 0 Å². The van der Waals surface area contributed by atoms with Crippen LogP contribution in [0.25, 0.3) is 0 Å². The second-order valence-electron chi connectivity index (χ2n) is 4.43. The van der Waals surface area contributed by atoms with Crippen molar-refractivity contribution in [3.8, 4) is 0 Å². The number of nitrogens with zero attached hydrogens (tertiary/aromatic N) is 4. The molecule has 2 heterocycles. The zero-order valence-corrected chi connectivity index (χ0v) is 10.2. The molecule has 0 aromatic carbocycles. The van der Waals surface area contributed by atoms with Crippen molar-refractivity contribution in [3.05, 3.63) is 12.7 Å². The number of carboxylic acid groups (broad SMARTS) is 1. The summed E-state index contributed by atoms with van der Waals surface area (Å²) < 4.78 is 1.44. The van der Waals surface area contributed by atoms with E-state index in [1.54, 1.807) is 6.92 Å². The molecule has 7 heteroatoms. The number of hydrogen-bond acceptors (Lipinski definition) is 4. The lowest BCUT2D eigenvalue weighted by atomic mass is 10.0. The van der Waals surface area contributed by atoms with E-state index in [0.717, 1.165) is 12.8 Å². The van der Waals surface area contributed by atoms with Crippen LogP contribution in [-0.2, 0) is 9.59 Å². The lowest BCUT2D eigenvalue weighted by molar-refractivity contribution is -0.153. The van der Waals surface area contributed by atoms with Crippen LogP contribution in [-0.4, -0.2) is 49.2 Å². The van der Waals surface area contributed by atoms with Crippen molar-refractivity contribution < 1.29 is 14.7 Å². The maximum atomic E-state index is 12.3. The van der Waals surface area contributed by atoms with Crippen LogP contribution >= 0.6 is 0 Å². The first kappa shape index (κ1) is 12.5. The second kappa shape index (κ2) is 5.16. The summed E-state index contributed by atoms with van der Waals surface area (Å²) >= 11 is 0. The molecule has 1 aromatic rings. The van der Waals surface area contributed by atoms with Crippen LogP contribution in [0.1, 0.15) is 32.2 Å². The third kappa shape index (κ3) is 2.34. The van der Waals surface area contributed by atoms with Crippen LogP contribution in [0.5, 0.6) is 0 Å². The molecule has 1 fully saturated rings. The molecule has 7 nitrogen and oxygen atoms in total. The summed E-state index contributed by atoms with van der Waals surface area (Å²) in [5.41, 5.74) is 0. The fourth-order valence-corrected chi connectivity index (χ4v) is 2.22. The zero-order valence-electron chi connectivity index (χ0n) is 10.2. The Morgan fingerprint density at radius 1 is 1.44 bits per heavy atom. The van der Waals surface area contributed by atoms with Crippen LogP contribution in [0.4, 0.5) is 0 Å². The van der Waals surface area contributed by atoms with Crippen molar-refractivity contribution in [3.63, 3.8) is 0 Å². The predicted molar refractivity (Wildman–Crippen MR) is 61.7 cm³/mol. The smallest absolute Gasteiger partial charge is 0.326 e. The number of aliphatic carboxylic acids is 1. The van der Waals surface area contributed by atoms with Crippen molar-refractivity contribution in [1.82, 2.24) is 19.7 Å². The van der Waals surface area contributed by atoms with Gasteiger partial charge in [0.1, 0.15) is 24.7 Å². The van der Waals surface area contributed by atoms with Gasteiger partial charge in [-0.25, -0.2) is 14.5 Å². The SMILES string of the molecule is CC(C(=O)N1CCCCC1C(=O)O)n1cncn1. The Labute approximate surface area is 104 Å². The van der Waals surface area contributed by atoms with E-state index in [1.165, 1.54) is 22.2 Å². The predicted octanol–water partition coefficient (Wildman–Crippen LogP) is 0.305. The fraction of sp³-hybridized carbons (Fsp3) is 0.636. The van der Waals surface area contributed by atoms with Gasteiger partial charge in [-0.05, 0) is 26.2 Å². The second-order valence-corrected chi connectivity index (χ2v) is 4.43. The quantitative estimate of drug-likeness (QED) is 0.836. The first-order valence-electron chi connectivity index (χ1n) is 5.98. The van der Waals surface area contributed by atoms with Gasteiger partial charge in [-0.1, -0.05) is 0 Å². The van der Waals surface area contributed by atoms with Gasteiger partial charge in [0.15, 0.2) is 0 Å². The van der Waals surface area contributed by atoms with Gasteiger partial charge in [-0.2, -0.15) is 5.10 Å². The minimum absolute atomic E-state index is 0.215. The minimum atomic E-state index is -0.936. The number of carbonyl (C=O) groups excluding carboxylic acids is 1. The molecule has 1 saturated heterocycles. The van der Waals surface area contributed by atoms with E-state index in [1.807, 2.05) is 0 Å². The van der Waals surface area contributed by atoms with Gasteiger partial charge in [0, 0.05) is 6.54 Å². The van der Waals surface area contributed by atoms with Gasteiger partial charge in [0.05, 0.1) is 0 Å². The van der Waals surface area contributed by atoms with Crippen molar-refractivity contribution >= 4 is 11.9 Å². The molecule has 98 valence electrons. The molecule has 1 aromatic heterocycles. The van der Waals surface area contributed by atoms with E-state index >= 15 is 0 Å². The number of carbonyl (C=O) groups is 2. The Kier molecular flexibility index (Phi) is 3.59. The molecular formula is C11H16N4O3. The number of likely N-dealkylation sites (tertiary alicyclic amines) is 1. The molecule has 2 unspecified atom stereocenters. The molecule has 0 saturated carbocycles. The highest BCUT2D eigenvalue weighted by Crippen LogP contribution is 2.20. The van der Waals surface area contributed by atoms with Crippen molar-refractivity contribution in [2.75, 3.05) is 6.54 Å². The minimum Gasteiger partial charge on any atom is -0.480 e. The van der Waals surface area contributed by atoms with E-state index in [4.69, 9.17) is 5.11 Å². The summed E-state index contributed by atoms with van der Waals surface area (Å²) in [7, 11) is 0. The largest absolute Gasteiger partial charge is 0.480 e. The Morgan fingerprint density at radius 3 is 2.83 bits per heavy atom. The summed E-state index contributed by atoms with van der Waals surface area (Å²) in [4.78, 5) is 28.7. The molecule has 0 aliphatic carbocycles. The number of hydrogen-bond donors (Lipinski definition) is 1. The molecule has 1 amide bonds. The van der Waals surface area contributed by atoms with Gasteiger partial charge in [-0.3, -0.25) is 4.79 Å². The van der Waals surface area contributed by atoms with Crippen LogP contribution in [0.2, 0.25) is 0 Å². The fourth-order valence-electron chi connectivity index (χ4n) is 2.22. The maximum Gasteiger partial charge on any atom is 0.326 e. The van der Waals surface area contributed by atoms with Crippen LogP contribution in [0.3, 0.4) is 0 Å². The lowest BCUT2D eigenvalue weighted by Gasteiger charge is -2.34. The molecule has 2 atom stereocenters. The first-order valence-corrected chi connectivity index (χ1v) is 5.98. The number of aromatic nitrogens is 3. The van der Waals surface area contributed by atoms with Crippen molar-refractivity contribution in [2.24, 2.45) is 0 Å². The van der Waals surface area contributed by atoms with Gasteiger partial charge in [0.2, 0.25) is 5.91 Å². The number of amides is 1. The Balaban J connectivity index is 2.13. The molecule has 0 spiro atoms. The highest BCUT2D eigenvalue weighted by molar-refractivity contribution is 5.86. The van der Waals surface area contributed by atoms with E-state index in [0.29, 0.717) is 13.0 Å². The molecule has 1 aliphatic heterocycles. The highest BCUT2D eigenvalue weighted by Gasteiger charge is 2.34. The summed E-state index contributed by atoms with van der Waals surface area (Å²) in [6.07, 6.45) is 5.03.